The number of ether oxygens (including phenoxy) is 4. The van der Waals surface area contributed by atoms with Crippen LogP contribution in [0.3, 0.4) is 0 Å². The summed E-state index contributed by atoms with van der Waals surface area (Å²) in [7, 11) is 0. The van der Waals surface area contributed by atoms with E-state index in [9.17, 15) is 4.79 Å². The highest BCUT2D eigenvalue weighted by Gasteiger charge is 2.42. The number of carbonyl (C=O) groups is 1. The zero-order valence-electron chi connectivity index (χ0n) is 11.3. The molecular weight excluding hydrogens is 248 g/mol. The maximum absolute atomic E-state index is 12.5. The first-order valence-electron chi connectivity index (χ1n) is 7.24. The summed E-state index contributed by atoms with van der Waals surface area (Å²) in [4.78, 5) is 12.5. The van der Waals surface area contributed by atoms with Gasteiger partial charge in [-0.25, -0.2) is 0 Å². The predicted octanol–water partition coefficient (Wildman–Crippen LogP) is 0.947. The molecule has 3 fully saturated rings. The zero-order chi connectivity index (χ0) is 13.1. The molecule has 0 aromatic heterocycles. The van der Waals surface area contributed by atoms with Gasteiger partial charge in [0.2, 0.25) is 0 Å². The van der Waals surface area contributed by atoms with E-state index in [4.69, 9.17) is 18.9 Å². The van der Waals surface area contributed by atoms with Crippen LogP contribution in [0, 0.1) is 5.92 Å². The van der Waals surface area contributed by atoms with Crippen molar-refractivity contribution in [3.63, 3.8) is 0 Å². The first kappa shape index (κ1) is 13.5. The highest BCUT2D eigenvalue weighted by atomic mass is 16.6. The number of ketones is 1. The Morgan fingerprint density at radius 2 is 1.84 bits per heavy atom. The predicted molar refractivity (Wildman–Crippen MR) is 67.0 cm³/mol. The van der Waals surface area contributed by atoms with Gasteiger partial charge in [-0.05, 0) is 25.7 Å². The lowest BCUT2D eigenvalue weighted by Gasteiger charge is -2.43. The average Bonchev–Trinajstić information content (AvgIpc) is 2.48. The van der Waals surface area contributed by atoms with Crippen molar-refractivity contribution in [1.29, 1.82) is 0 Å². The van der Waals surface area contributed by atoms with E-state index in [-0.39, 0.29) is 23.4 Å². The molecule has 3 rings (SSSR count). The van der Waals surface area contributed by atoms with E-state index in [1.54, 1.807) is 0 Å². The third-order valence-corrected chi connectivity index (χ3v) is 4.43. The van der Waals surface area contributed by atoms with Crippen molar-refractivity contribution in [2.75, 3.05) is 39.6 Å². The van der Waals surface area contributed by atoms with Crippen LogP contribution in [-0.2, 0) is 23.7 Å². The van der Waals surface area contributed by atoms with Crippen LogP contribution in [0.15, 0.2) is 0 Å². The third kappa shape index (κ3) is 2.99. The Morgan fingerprint density at radius 1 is 1.00 bits per heavy atom. The Kier molecular flexibility index (Phi) is 4.17. The van der Waals surface area contributed by atoms with Crippen molar-refractivity contribution in [2.24, 2.45) is 5.92 Å². The molecule has 108 valence electrons. The molecule has 0 amide bonds. The molecule has 0 aliphatic carbocycles. The zero-order valence-corrected chi connectivity index (χ0v) is 11.3. The molecule has 1 spiro atoms. The average molecular weight is 270 g/mol. The number of rotatable bonds is 2. The van der Waals surface area contributed by atoms with Crippen LogP contribution >= 0.6 is 0 Å². The van der Waals surface area contributed by atoms with Crippen molar-refractivity contribution in [2.45, 2.75) is 37.4 Å². The van der Waals surface area contributed by atoms with Gasteiger partial charge in [-0.3, -0.25) is 4.79 Å². The van der Waals surface area contributed by atoms with E-state index in [1.165, 1.54) is 0 Å². The van der Waals surface area contributed by atoms with Gasteiger partial charge in [-0.15, -0.1) is 0 Å². The summed E-state index contributed by atoms with van der Waals surface area (Å²) >= 11 is 0. The molecule has 2 atom stereocenters. The maximum atomic E-state index is 12.5. The Hall–Kier alpha value is -0.490. The molecule has 2 unspecified atom stereocenters. The second-order valence-electron chi connectivity index (χ2n) is 5.67. The molecule has 0 saturated carbocycles. The summed E-state index contributed by atoms with van der Waals surface area (Å²) in [6, 6.07) is 0. The standard InChI is InChI=1S/C14H22O5/c15-13(12-10-17-7-8-18-12)11-1-4-19-14(9-11)2-5-16-6-3-14/h11-12H,1-10H2. The molecule has 3 heterocycles. The summed E-state index contributed by atoms with van der Waals surface area (Å²) < 4.78 is 22.2. The van der Waals surface area contributed by atoms with Crippen molar-refractivity contribution < 1.29 is 23.7 Å². The first-order chi connectivity index (χ1) is 9.29. The van der Waals surface area contributed by atoms with Gasteiger partial charge in [0, 0.05) is 25.7 Å². The number of hydrogen-bond acceptors (Lipinski definition) is 5. The van der Waals surface area contributed by atoms with E-state index in [2.05, 4.69) is 0 Å². The first-order valence-corrected chi connectivity index (χ1v) is 7.24. The summed E-state index contributed by atoms with van der Waals surface area (Å²) in [5.74, 6) is 0.257. The monoisotopic (exact) mass is 270 g/mol. The smallest absolute Gasteiger partial charge is 0.167 e. The molecule has 3 aliphatic rings. The van der Waals surface area contributed by atoms with Crippen LogP contribution in [0.5, 0.6) is 0 Å². The summed E-state index contributed by atoms with van der Waals surface area (Å²) in [5, 5.41) is 0. The van der Waals surface area contributed by atoms with Gasteiger partial charge >= 0.3 is 0 Å². The maximum Gasteiger partial charge on any atom is 0.167 e. The van der Waals surface area contributed by atoms with Crippen LogP contribution in [0.2, 0.25) is 0 Å². The van der Waals surface area contributed by atoms with Crippen molar-refractivity contribution >= 4 is 5.78 Å². The van der Waals surface area contributed by atoms with Gasteiger partial charge in [0.05, 0.1) is 25.4 Å². The van der Waals surface area contributed by atoms with Gasteiger partial charge in [0.15, 0.2) is 5.78 Å². The molecule has 3 aliphatic heterocycles. The number of Topliss-reactive ketones (excluding diaryl/α,β-unsaturated/α-hetero) is 1. The summed E-state index contributed by atoms with van der Waals surface area (Å²) in [5.41, 5.74) is -0.133. The second kappa shape index (κ2) is 5.87. The van der Waals surface area contributed by atoms with Gasteiger partial charge < -0.3 is 18.9 Å². The molecule has 19 heavy (non-hydrogen) atoms. The largest absolute Gasteiger partial charge is 0.381 e. The van der Waals surface area contributed by atoms with Crippen LogP contribution in [0.25, 0.3) is 0 Å². The lowest BCUT2D eigenvalue weighted by atomic mass is 9.78. The Balaban J connectivity index is 1.62. The molecule has 0 radical (unpaired) electrons. The SMILES string of the molecule is O=C(C1CCOC2(CCOCC2)C1)C1COCCO1. The minimum Gasteiger partial charge on any atom is -0.381 e. The highest BCUT2D eigenvalue weighted by molar-refractivity contribution is 5.85. The van der Waals surface area contributed by atoms with Gasteiger partial charge in [-0.2, -0.15) is 0 Å². The van der Waals surface area contributed by atoms with Crippen LogP contribution in [-0.4, -0.2) is 57.1 Å². The van der Waals surface area contributed by atoms with Gasteiger partial charge in [-0.1, -0.05) is 0 Å². The molecule has 5 heteroatoms. The van der Waals surface area contributed by atoms with Gasteiger partial charge in [0.1, 0.15) is 6.10 Å². The number of carbonyl (C=O) groups excluding carboxylic acids is 1. The third-order valence-electron chi connectivity index (χ3n) is 4.43. The Labute approximate surface area is 113 Å². The molecular formula is C14H22O5. The van der Waals surface area contributed by atoms with E-state index >= 15 is 0 Å². The molecule has 0 N–H and O–H groups in total. The Morgan fingerprint density at radius 3 is 2.58 bits per heavy atom. The normalized spacial score (nSPS) is 35.2. The molecule has 0 bridgehead atoms. The molecule has 0 aromatic rings. The molecule has 0 aromatic carbocycles. The lowest BCUT2D eigenvalue weighted by Crippen LogP contribution is -2.48. The quantitative estimate of drug-likeness (QED) is 0.747. The fourth-order valence-corrected chi connectivity index (χ4v) is 3.28. The minimum absolute atomic E-state index is 0.0542. The van der Waals surface area contributed by atoms with Gasteiger partial charge in [0.25, 0.3) is 0 Å². The molecule has 3 saturated heterocycles. The summed E-state index contributed by atoms with van der Waals surface area (Å²) in [6.07, 6.45) is 3.06. The van der Waals surface area contributed by atoms with Crippen LogP contribution in [0.4, 0.5) is 0 Å². The van der Waals surface area contributed by atoms with E-state index in [0.29, 0.717) is 26.4 Å². The highest BCUT2D eigenvalue weighted by Crippen LogP contribution is 2.37. The fraction of sp³-hybridized carbons (Fsp3) is 0.929. The van der Waals surface area contributed by atoms with E-state index in [1.807, 2.05) is 0 Å². The Bertz CT molecular complexity index is 312. The van der Waals surface area contributed by atoms with Crippen molar-refractivity contribution in [1.82, 2.24) is 0 Å². The minimum atomic E-state index is -0.367. The second-order valence-corrected chi connectivity index (χ2v) is 5.67. The lowest BCUT2D eigenvalue weighted by molar-refractivity contribution is -0.170. The fourth-order valence-electron chi connectivity index (χ4n) is 3.28. The summed E-state index contributed by atoms with van der Waals surface area (Å²) in [6.45, 7) is 3.68. The van der Waals surface area contributed by atoms with E-state index in [0.717, 1.165) is 38.9 Å². The van der Waals surface area contributed by atoms with Crippen LogP contribution in [0.1, 0.15) is 25.7 Å². The van der Waals surface area contributed by atoms with Crippen molar-refractivity contribution in [3.8, 4) is 0 Å². The topological polar surface area (TPSA) is 54.0 Å². The van der Waals surface area contributed by atoms with E-state index < -0.39 is 0 Å². The molecule has 5 nitrogen and oxygen atoms in total. The van der Waals surface area contributed by atoms with Crippen molar-refractivity contribution in [3.05, 3.63) is 0 Å². The number of hydrogen-bond donors (Lipinski definition) is 0. The van der Waals surface area contributed by atoms with Crippen LogP contribution < -0.4 is 0 Å².